The van der Waals surface area contributed by atoms with Crippen molar-refractivity contribution in [3.63, 3.8) is 0 Å². The summed E-state index contributed by atoms with van der Waals surface area (Å²) < 4.78 is 41.8. The molecule has 3 N–H and O–H groups in total. The van der Waals surface area contributed by atoms with Crippen molar-refractivity contribution in [2.75, 3.05) is 20.2 Å². The number of methoxy groups -OCH3 is 1. The molecule has 0 spiro atoms. The van der Waals surface area contributed by atoms with E-state index >= 15 is 0 Å². The molecule has 1 atom stereocenters. The number of nitrogens with one attached hydrogen (secondary N) is 1. The molecule has 0 bridgehead atoms. The first kappa shape index (κ1) is 17.8. The van der Waals surface area contributed by atoms with Gasteiger partial charge in [0.2, 0.25) is 0 Å². The van der Waals surface area contributed by atoms with Crippen molar-refractivity contribution in [1.29, 1.82) is 0 Å². The number of carbonyl (C=O) groups is 1. The van der Waals surface area contributed by atoms with Crippen LogP contribution in [0.3, 0.4) is 0 Å². The molecule has 1 aromatic carbocycles. The molecule has 0 fully saturated rings. The van der Waals surface area contributed by atoms with E-state index in [0.717, 1.165) is 10.0 Å². The molecule has 0 radical (unpaired) electrons. The van der Waals surface area contributed by atoms with E-state index < -0.39 is 18.6 Å². The highest BCUT2D eigenvalue weighted by Crippen LogP contribution is 2.27. The summed E-state index contributed by atoms with van der Waals surface area (Å²) in [4.78, 5) is 11.3. The quantitative estimate of drug-likeness (QED) is 0.802. The van der Waals surface area contributed by atoms with Crippen molar-refractivity contribution in [3.05, 3.63) is 28.2 Å². The second kappa shape index (κ2) is 7.65. The van der Waals surface area contributed by atoms with E-state index in [9.17, 15) is 18.0 Å². The third kappa shape index (κ3) is 6.34. The van der Waals surface area contributed by atoms with Crippen molar-refractivity contribution in [3.8, 4) is 5.75 Å². The first-order chi connectivity index (χ1) is 9.73. The molecular weight excluding hydrogens is 353 g/mol. The van der Waals surface area contributed by atoms with Crippen LogP contribution in [0.2, 0.25) is 0 Å². The molecular formula is C13H17BrF3N2O2+. The van der Waals surface area contributed by atoms with Gasteiger partial charge in [-0.2, -0.15) is 13.2 Å². The second-order valence-electron chi connectivity index (χ2n) is 4.51. The average Bonchev–Trinajstić information content (AvgIpc) is 2.41. The van der Waals surface area contributed by atoms with E-state index in [4.69, 9.17) is 4.74 Å². The summed E-state index contributed by atoms with van der Waals surface area (Å²) in [7, 11) is 1.56. The van der Waals surface area contributed by atoms with Gasteiger partial charge in [0.05, 0.1) is 11.6 Å². The van der Waals surface area contributed by atoms with Gasteiger partial charge in [-0.05, 0) is 41.1 Å². The molecule has 0 heterocycles. The van der Waals surface area contributed by atoms with Gasteiger partial charge in [0.25, 0.3) is 5.91 Å². The lowest BCUT2D eigenvalue weighted by Gasteiger charge is -2.13. The van der Waals surface area contributed by atoms with Gasteiger partial charge in [-0.15, -0.1) is 0 Å². The molecule has 0 unspecified atom stereocenters. The second-order valence-corrected chi connectivity index (χ2v) is 5.37. The Kier molecular flexibility index (Phi) is 6.47. The highest BCUT2D eigenvalue weighted by atomic mass is 79.9. The van der Waals surface area contributed by atoms with Gasteiger partial charge >= 0.3 is 6.18 Å². The maximum Gasteiger partial charge on any atom is 0.405 e. The minimum absolute atomic E-state index is 0.0659. The van der Waals surface area contributed by atoms with Crippen molar-refractivity contribution < 1.29 is 28.0 Å². The largest absolute Gasteiger partial charge is 0.496 e. The summed E-state index contributed by atoms with van der Waals surface area (Å²) in [6.45, 7) is 0.494. The van der Waals surface area contributed by atoms with Crippen LogP contribution in [0, 0.1) is 0 Å². The van der Waals surface area contributed by atoms with E-state index in [1.165, 1.54) is 0 Å². The van der Waals surface area contributed by atoms with Crippen LogP contribution in [0.4, 0.5) is 13.2 Å². The van der Waals surface area contributed by atoms with Crippen LogP contribution in [-0.2, 0) is 4.79 Å². The third-order valence-electron chi connectivity index (χ3n) is 2.84. The average molecular weight is 370 g/mol. The zero-order valence-corrected chi connectivity index (χ0v) is 13.2. The number of rotatable bonds is 6. The zero-order chi connectivity index (χ0) is 16.0. The standard InChI is InChI=1S/C13H16BrF3N2O2/c1-8(9-3-4-11(21-2)10(14)5-9)18-6-12(20)19-7-13(15,16)17/h3-5,8,18H,6-7H2,1-2H3,(H,19,20)/p+1/t8-/m0/s1. The summed E-state index contributed by atoms with van der Waals surface area (Å²) in [6.07, 6.45) is -4.39. The number of ether oxygens (including phenoxy) is 1. The molecule has 0 saturated heterocycles. The van der Waals surface area contributed by atoms with Crippen LogP contribution in [0.5, 0.6) is 5.75 Å². The van der Waals surface area contributed by atoms with E-state index in [1.54, 1.807) is 18.5 Å². The van der Waals surface area contributed by atoms with Crippen LogP contribution < -0.4 is 15.4 Å². The number of halogens is 4. The van der Waals surface area contributed by atoms with Gasteiger partial charge in [0, 0.05) is 5.56 Å². The summed E-state index contributed by atoms with van der Waals surface area (Å²) in [5, 5.41) is 3.50. The molecule has 8 heteroatoms. The first-order valence-corrected chi connectivity index (χ1v) is 7.02. The lowest BCUT2D eigenvalue weighted by atomic mass is 10.1. The highest BCUT2D eigenvalue weighted by molar-refractivity contribution is 9.10. The molecule has 0 saturated carbocycles. The molecule has 0 aliphatic carbocycles. The van der Waals surface area contributed by atoms with E-state index in [0.29, 0.717) is 5.75 Å². The molecule has 21 heavy (non-hydrogen) atoms. The number of carbonyl (C=O) groups excluding carboxylic acids is 1. The van der Waals surface area contributed by atoms with Crippen molar-refractivity contribution in [1.82, 2.24) is 5.32 Å². The lowest BCUT2D eigenvalue weighted by molar-refractivity contribution is -0.682. The van der Waals surface area contributed by atoms with Crippen LogP contribution in [0.1, 0.15) is 18.5 Å². The lowest BCUT2D eigenvalue weighted by Crippen LogP contribution is -2.87. The van der Waals surface area contributed by atoms with Gasteiger partial charge in [-0.1, -0.05) is 0 Å². The van der Waals surface area contributed by atoms with Crippen LogP contribution in [-0.4, -0.2) is 32.3 Å². The minimum atomic E-state index is -4.39. The summed E-state index contributed by atoms with van der Waals surface area (Å²) in [5.74, 6) is 0.0422. The van der Waals surface area contributed by atoms with Crippen LogP contribution in [0.25, 0.3) is 0 Å². The molecule has 1 amide bonds. The number of quaternary nitrogens is 1. The van der Waals surface area contributed by atoms with Crippen LogP contribution in [0.15, 0.2) is 22.7 Å². The highest BCUT2D eigenvalue weighted by Gasteiger charge is 2.28. The third-order valence-corrected chi connectivity index (χ3v) is 3.46. The Hall–Kier alpha value is -1.28. The molecule has 4 nitrogen and oxygen atoms in total. The Labute approximate surface area is 129 Å². The van der Waals surface area contributed by atoms with Gasteiger partial charge in [0.15, 0.2) is 6.54 Å². The number of hydrogen-bond acceptors (Lipinski definition) is 2. The number of hydrogen-bond donors (Lipinski definition) is 2. The van der Waals surface area contributed by atoms with Crippen molar-refractivity contribution in [2.45, 2.75) is 19.1 Å². The zero-order valence-electron chi connectivity index (χ0n) is 11.6. The Morgan fingerprint density at radius 2 is 2.14 bits per heavy atom. The first-order valence-electron chi connectivity index (χ1n) is 6.23. The van der Waals surface area contributed by atoms with E-state index in [-0.39, 0.29) is 12.6 Å². The predicted octanol–water partition coefficient (Wildman–Crippen LogP) is 1.76. The van der Waals surface area contributed by atoms with E-state index in [1.807, 2.05) is 24.4 Å². The maximum atomic E-state index is 12.0. The SMILES string of the molecule is COc1ccc([C@H](C)[NH2+]CC(=O)NCC(F)(F)F)cc1Br. The fourth-order valence-electron chi connectivity index (χ4n) is 1.66. The Morgan fingerprint density at radius 3 is 2.67 bits per heavy atom. The summed E-state index contributed by atoms with van der Waals surface area (Å²) in [6, 6.07) is 5.42. The smallest absolute Gasteiger partial charge is 0.405 e. The molecule has 118 valence electrons. The fourth-order valence-corrected chi connectivity index (χ4v) is 2.22. The fraction of sp³-hybridized carbons (Fsp3) is 0.462. The topological polar surface area (TPSA) is 54.9 Å². The number of nitrogens with two attached hydrogens (primary N) is 1. The Morgan fingerprint density at radius 1 is 1.48 bits per heavy atom. The van der Waals surface area contributed by atoms with Gasteiger partial charge in [-0.25, -0.2) is 0 Å². The predicted molar refractivity (Wildman–Crippen MR) is 75.0 cm³/mol. The van der Waals surface area contributed by atoms with E-state index in [2.05, 4.69) is 15.9 Å². The maximum absolute atomic E-state index is 12.0. The molecule has 0 aromatic heterocycles. The Balaban J connectivity index is 2.48. The number of alkyl halides is 3. The van der Waals surface area contributed by atoms with Crippen LogP contribution >= 0.6 is 15.9 Å². The summed E-state index contributed by atoms with van der Waals surface area (Å²) in [5.41, 5.74) is 0.936. The molecule has 1 rings (SSSR count). The van der Waals surface area contributed by atoms with Gasteiger partial charge < -0.3 is 15.4 Å². The molecule has 1 aromatic rings. The Bertz CT molecular complexity index is 495. The molecule has 0 aliphatic heterocycles. The van der Waals surface area contributed by atoms with Gasteiger partial charge in [-0.3, -0.25) is 4.79 Å². The van der Waals surface area contributed by atoms with Crippen molar-refractivity contribution >= 4 is 21.8 Å². The number of amides is 1. The summed E-state index contributed by atoms with van der Waals surface area (Å²) >= 11 is 3.36. The molecule has 0 aliphatic rings. The minimum Gasteiger partial charge on any atom is -0.496 e. The monoisotopic (exact) mass is 369 g/mol. The van der Waals surface area contributed by atoms with Gasteiger partial charge in [0.1, 0.15) is 18.3 Å². The normalized spacial score (nSPS) is 12.9. The van der Waals surface area contributed by atoms with Crippen molar-refractivity contribution in [2.24, 2.45) is 0 Å². The number of benzene rings is 1.